The van der Waals surface area contributed by atoms with Crippen molar-refractivity contribution in [3.63, 3.8) is 0 Å². The van der Waals surface area contributed by atoms with E-state index in [-0.39, 0.29) is 0 Å². The summed E-state index contributed by atoms with van der Waals surface area (Å²) in [6.07, 6.45) is 5.46. The third-order valence-electron chi connectivity index (χ3n) is 6.08. The molecule has 2 fully saturated rings. The molecule has 0 saturated heterocycles. The highest BCUT2D eigenvalue weighted by molar-refractivity contribution is 8.22. The Hall–Kier alpha value is -1.31. The fourth-order valence-corrected chi connectivity index (χ4v) is 10.0. The first-order valence-electron chi connectivity index (χ1n) is 9.04. The van der Waals surface area contributed by atoms with Gasteiger partial charge in [-0.25, -0.2) is 0 Å². The van der Waals surface area contributed by atoms with Gasteiger partial charge in [0.1, 0.15) is 11.5 Å². The van der Waals surface area contributed by atoms with E-state index in [0.29, 0.717) is 5.66 Å². The zero-order valence-electron chi connectivity index (χ0n) is 14.9. The van der Waals surface area contributed by atoms with Crippen molar-refractivity contribution in [2.75, 3.05) is 14.2 Å². The molecule has 2 nitrogen and oxygen atoms in total. The summed E-state index contributed by atoms with van der Waals surface area (Å²) in [5, 5.41) is 2.65. The summed E-state index contributed by atoms with van der Waals surface area (Å²) in [5.41, 5.74) is 0.642. The molecule has 4 heteroatoms. The normalized spacial score (nSPS) is 25.1. The van der Waals surface area contributed by atoms with E-state index in [1.165, 1.54) is 36.3 Å². The van der Waals surface area contributed by atoms with Crippen molar-refractivity contribution < 1.29 is 9.47 Å². The molecule has 0 radical (unpaired) electrons. The molecule has 0 amide bonds. The van der Waals surface area contributed by atoms with Crippen molar-refractivity contribution >= 4 is 28.5 Å². The number of fused-ring (bicyclic) bond motifs is 2. The van der Waals surface area contributed by atoms with Gasteiger partial charge in [-0.3, -0.25) is 0 Å². The molecule has 0 spiro atoms. The van der Waals surface area contributed by atoms with Gasteiger partial charge in [-0.05, 0) is 95.9 Å². The van der Waals surface area contributed by atoms with E-state index >= 15 is 0 Å². The molecule has 25 heavy (non-hydrogen) atoms. The van der Waals surface area contributed by atoms with Gasteiger partial charge in [0.15, 0.2) is 0 Å². The number of benzene rings is 2. The topological polar surface area (TPSA) is 18.5 Å². The molecule has 3 atom stereocenters. The summed E-state index contributed by atoms with van der Waals surface area (Å²) in [4.78, 5) is 0. The monoisotopic (exact) mass is 372 g/mol. The Kier molecular flexibility index (Phi) is 4.64. The van der Waals surface area contributed by atoms with Crippen LogP contribution in [-0.2, 0) is 11.8 Å². The molecule has 132 valence electrons. The number of methoxy groups -OCH3 is 2. The van der Waals surface area contributed by atoms with Crippen LogP contribution in [0.2, 0.25) is 0 Å². The molecule has 0 N–H and O–H groups in total. The van der Waals surface area contributed by atoms with Crippen molar-refractivity contribution in [2.45, 2.75) is 31.3 Å². The van der Waals surface area contributed by atoms with Crippen molar-refractivity contribution in [2.24, 2.45) is 11.8 Å². The molecule has 4 rings (SSSR count). The van der Waals surface area contributed by atoms with Crippen LogP contribution < -0.4 is 20.1 Å². The maximum Gasteiger partial charge on any atom is 0.118 e. The van der Waals surface area contributed by atoms with E-state index in [4.69, 9.17) is 21.3 Å². The number of ether oxygens (including phenoxy) is 2. The second kappa shape index (κ2) is 6.78. The fraction of sp³-hybridized carbons (Fsp3) is 0.429. The highest BCUT2D eigenvalue weighted by Crippen LogP contribution is 2.62. The summed E-state index contributed by atoms with van der Waals surface area (Å²) in [7, 11) is 3.43. The Balaban J connectivity index is 1.80. The minimum absolute atomic E-state index is 0.642. The minimum atomic E-state index is -1.85. The van der Waals surface area contributed by atoms with Crippen LogP contribution in [0.4, 0.5) is 0 Å². The Bertz CT molecular complexity index is 733. The van der Waals surface area contributed by atoms with E-state index in [1.807, 2.05) is 0 Å². The minimum Gasteiger partial charge on any atom is -0.497 e. The highest BCUT2D eigenvalue weighted by atomic mass is 32.4. The van der Waals surface area contributed by atoms with Gasteiger partial charge in [0, 0.05) is 6.04 Å². The number of hydrogen-bond acceptors (Lipinski definition) is 3. The average molecular weight is 372 g/mol. The molecule has 3 unspecified atom stereocenters. The molecule has 2 aliphatic carbocycles. The molecule has 2 saturated carbocycles. The van der Waals surface area contributed by atoms with Gasteiger partial charge in [0.25, 0.3) is 0 Å². The van der Waals surface area contributed by atoms with E-state index in [9.17, 15) is 0 Å². The predicted octanol–water partition coefficient (Wildman–Crippen LogP) is 4.32. The first-order valence-corrected chi connectivity index (χ1v) is 11.9. The van der Waals surface area contributed by atoms with Crippen LogP contribution in [0, 0.1) is 11.8 Å². The van der Waals surface area contributed by atoms with E-state index in [2.05, 4.69) is 48.5 Å². The molecule has 2 aromatic carbocycles. The summed E-state index contributed by atoms with van der Waals surface area (Å²) < 4.78 is 10.7. The van der Waals surface area contributed by atoms with Crippen LogP contribution in [0.15, 0.2) is 48.5 Å². The van der Waals surface area contributed by atoms with E-state index < -0.39 is 6.04 Å². The maximum absolute atomic E-state index is 6.55. The Morgan fingerprint density at radius 1 is 0.800 bits per heavy atom. The molecule has 2 aromatic rings. The molecular weight excluding hydrogens is 347 g/mol. The van der Waals surface area contributed by atoms with Crippen molar-refractivity contribution in [1.29, 1.82) is 0 Å². The Morgan fingerprint density at radius 3 is 1.68 bits per heavy atom. The van der Waals surface area contributed by atoms with Gasteiger partial charge in [-0.15, -0.1) is 0 Å². The van der Waals surface area contributed by atoms with Gasteiger partial charge in [0.05, 0.1) is 14.2 Å². The molecule has 0 heterocycles. The average Bonchev–Trinajstić information content (AvgIpc) is 3.31. The van der Waals surface area contributed by atoms with Crippen molar-refractivity contribution in [3.05, 3.63) is 48.5 Å². The summed E-state index contributed by atoms with van der Waals surface area (Å²) in [6.45, 7) is 0. The largest absolute Gasteiger partial charge is 0.497 e. The second-order valence-electron chi connectivity index (χ2n) is 7.30. The smallest absolute Gasteiger partial charge is 0.118 e. The van der Waals surface area contributed by atoms with Gasteiger partial charge < -0.3 is 9.47 Å². The van der Waals surface area contributed by atoms with Crippen molar-refractivity contribution in [3.8, 4) is 11.5 Å². The first-order chi connectivity index (χ1) is 12.1. The Morgan fingerprint density at radius 2 is 1.32 bits per heavy atom. The standard InChI is InChI=1S/C21H25O2PS/c1-22-17-5-9-19(10-6-17)24(25,20-11-7-18(23-2)8-12-20)21-14-15-3-4-16(21)13-15/h5-12,15-16,21H,3-4,13-14H2,1-2H3. The predicted molar refractivity (Wildman–Crippen MR) is 109 cm³/mol. The van der Waals surface area contributed by atoms with Crippen LogP contribution >= 0.6 is 6.04 Å². The molecule has 0 aromatic heterocycles. The lowest BCUT2D eigenvalue weighted by Crippen LogP contribution is -2.29. The van der Waals surface area contributed by atoms with Gasteiger partial charge in [0.2, 0.25) is 0 Å². The lowest BCUT2D eigenvalue weighted by molar-refractivity contribution is 0.415. The SMILES string of the molecule is COc1ccc(P(=S)(c2ccc(OC)cc2)C2CC3CCC2C3)cc1. The van der Waals surface area contributed by atoms with Gasteiger partial charge >= 0.3 is 0 Å². The molecule has 2 bridgehead atoms. The lowest BCUT2D eigenvalue weighted by atomic mass is 10.0. The number of hydrogen-bond donors (Lipinski definition) is 0. The van der Waals surface area contributed by atoms with Crippen LogP contribution in [0.1, 0.15) is 25.7 Å². The molecule has 2 aliphatic rings. The highest BCUT2D eigenvalue weighted by Gasteiger charge is 2.47. The van der Waals surface area contributed by atoms with Crippen LogP contribution in [0.3, 0.4) is 0 Å². The zero-order chi connectivity index (χ0) is 17.4. The summed E-state index contributed by atoms with van der Waals surface area (Å²) in [5.74, 6) is 3.50. The van der Waals surface area contributed by atoms with E-state index in [1.54, 1.807) is 14.2 Å². The molecular formula is C21H25O2PS. The van der Waals surface area contributed by atoms with Crippen LogP contribution in [0.5, 0.6) is 11.5 Å². The fourth-order valence-electron chi connectivity index (χ4n) is 4.80. The first kappa shape index (κ1) is 17.1. The third kappa shape index (κ3) is 2.92. The van der Waals surface area contributed by atoms with Crippen LogP contribution in [0.25, 0.3) is 0 Å². The summed E-state index contributed by atoms with van der Waals surface area (Å²) >= 11 is 6.55. The van der Waals surface area contributed by atoms with Gasteiger partial charge in [-0.2, -0.15) is 0 Å². The quantitative estimate of drug-likeness (QED) is 0.728. The third-order valence-corrected chi connectivity index (χ3v) is 11.9. The second-order valence-corrected chi connectivity index (χ2v) is 12.0. The molecule has 0 aliphatic heterocycles. The van der Waals surface area contributed by atoms with E-state index in [0.717, 1.165) is 23.3 Å². The zero-order valence-corrected chi connectivity index (χ0v) is 16.6. The van der Waals surface area contributed by atoms with Crippen molar-refractivity contribution in [1.82, 2.24) is 0 Å². The maximum atomic E-state index is 6.55. The summed E-state index contributed by atoms with van der Waals surface area (Å²) in [6, 6.07) is 15.2. The van der Waals surface area contributed by atoms with Gasteiger partial charge in [-0.1, -0.05) is 18.2 Å². The Labute approximate surface area is 155 Å². The lowest BCUT2D eigenvalue weighted by Gasteiger charge is -2.35. The number of rotatable bonds is 5. The van der Waals surface area contributed by atoms with Crippen LogP contribution in [-0.4, -0.2) is 19.9 Å².